The number of rotatable bonds is 4. The number of carbonyl (C=O) groups is 1. The Kier molecular flexibility index (Phi) is 3.79. The van der Waals surface area contributed by atoms with Crippen LogP contribution in [0.15, 0.2) is 29.1 Å². The lowest BCUT2D eigenvalue weighted by molar-refractivity contribution is -0.141. The van der Waals surface area contributed by atoms with Crippen molar-refractivity contribution in [1.82, 2.24) is 4.57 Å². The molecule has 20 heavy (non-hydrogen) atoms. The zero-order valence-corrected chi connectivity index (χ0v) is 11.7. The maximum absolute atomic E-state index is 12.2. The molecule has 1 aromatic heterocycles. The van der Waals surface area contributed by atoms with E-state index in [-0.39, 0.29) is 12.0 Å². The van der Waals surface area contributed by atoms with Crippen LogP contribution in [0.2, 0.25) is 0 Å². The monoisotopic (exact) mass is 275 g/mol. The highest BCUT2D eigenvalue weighted by atomic mass is 16.5. The molecule has 1 heterocycles. The van der Waals surface area contributed by atoms with Gasteiger partial charge in [0.05, 0.1) is 18.5 Å². The van der Waals surface area contributed by atoms with Crippen molar-refractivity contribution in [3.05, 3.63) is 40.2 Å². The number of ether oxygens (including phenoxy) is 1. The number of carboxylic acid groups (broad SMARTS) is 1. The molecule has 106 valence electrons. The molecule has 0 fully saturated rings. The maximum atomic E-state index is 12.2. The van der Waals surface area contributed by atoms with E-state index >= 15 is 0 Å². The molecule has 0 saturated heterocycles. The maximum Gasteiger partial charge on any atom is 0.306 e. The molecule has 1 N–H and O–H groups in total. The van der Waals surface area contributed by atoms with Gasteiger partial charge in [0, 0.05) is 18.0 Å². The third-order valence-electron chi connectivity index (χ3n) is 3.45. The van der Waals surface area contributed by atoms with Gasteiger partial charge in [-0.3, -0.25) is 9.59 Å². The van der Waals surface area contributed by atoms with E-state index in [4.69, 9.17) is 9.84 Å². The first-order valence-electron chi connectivity index (χ1n) is 6.33. The highest BCUT2D eigenvalue weighted by molar-refractivity contribution is 5.81. The number of hydrogen-bond donors (Lipinski definition) is 1. The van der Waals surface area contributed by atoms with Crippen LogP contribution < -0.4 is 10.3 Å². The summed E-state index contributed by atoms with van der Waals surface area (Å²) < 4.78 is 6.71. The van der Waals surface area contributed by atoms with E-state index in [1.165, 1.54) is 0 Å². The summed E-state index contributed by atoms with van der Waals surface area (Å²) in [4.78, 5) is 23.2. The Morgan fingerprint density at radius 2 is 2.10 bits per heavy atom. The molecule has 1 unspecified atom stereocenters. The number of methoxy groups -OCH3 is 1. The van der Waals surface area contributed by atoms with Gasteiger partial charge in [-0.15, -0.1) is 0 Å². The standard InChI is InChI=1S/C15H17NO4/c1-9(15(18)19)6-11-7-10-8-12(20-3)4-5-13(10)16(2)14(11)17/h4-5,7-9H,6H2,1-3H3,(H,18,19). The van der Waals surface area contributed by atoms with Crippen LogP contribution in [0.25, 0.3) is 10.9 Å². The molecule has 2 rings (SSSR count). The minimum absolute atomic E-state index is 0.157. The van der Waals surface area contributed by atoms with Gasteiger partial charge < -0.3 is 14.4 Å². The van der Waals surface area contributed by atoms with Gasteiger partial charge in [0.2, 0.25) is 0 Å². The molecule has 0 spiro atoms. The number of aliphatic carboxylic acids is 1. The lowest BCUT2D eigenvalue weighted by atomic mass is 10.0. The molecule has 1 atom stereocenters. The summed E-state index contributed by atoms with van der Waals surface area (Å²) in [5, 5.41) is 9.83. The van der Waals surface area contributed by atoms with E-state index in [9.17, 15) is 9.59 Å². The van der Waals surface area contributed by atoms with Crippen molar-refractivity contribution in [3.63, 3.8) is 0 Å². The summed E-state index contributed by atoms with van der Waals surface area (Å²) in [5.74, 6) is -0.795. The number of pyridine rings is 1. The Morgan fingerprint density at radius 1 is 1.40 bits per heavy atom. The molecule has 0 aliphatic rings. The Bertz CT molecular complexity index is 718. The van der Waals surface area contributed by atoms with E-state index in [0.29, 0.717) is 11.3 Å². The van der Waals surface area contributed by atoms with Crippen LogP contribution in [0.5, 0.6) is 5.75 Å². The number of aromatic nitrogens is 1. The van der Waals surface area contributed by atoms with Crippen molar-refractivity contribution in [1.29, 1.82) is 0 Å². The molecule has 1 aromatic carbocycles. The normalized spacial score (nSPS) is 12.3. The second-order valence-electron chi connectivity index (χ2n) is 4.90. The topological polar surface area (TPSA) is 68.5 Å². The molecular formula is C15H17NO4. The summed E-state index contributed by atoms with van der Waals surface area (Å²) in [7, 11) is 3.27. The van der Waals surface area contributed by atoms with E-state index in [2.05, 4.69) is 0 Å². The molecule has 0 aliphatic carbocycles. The molecule has 5 nitrogen and oxygen atoms in total. The smallest absolute Gasteiger partial charge is 0.306 e. The molecule has 0 amide bonds. The average molecular weight is 275 g/mol. The summed E-state index contributed by atoms with van der Waals surface area (Å²) in [6, 6.07) is 7.20. The third kappa shape index (κ3) is 2.52. The second-order valence-corrected chi connectivity index (χ2v) is 4.90. The fraction of sp³-hybridized carbons (Fsp3) is 0.333. The SMILES string of the molecule is COc1ccc2c(c1)cc(CC(C)C(=O)O)c(=O)n2C. The number of carboxylic acids is 1. The molecule has 0 bridgehead atoms. The van der Waals surface area contributed by atoms with Crippen molar-refractivity contribution in [3.8, 4) is 5.75 Å². The van der Waals surface area contributed by atoms with Crippen molar-refractivity contribution in [2.45, 2.75) is 13.3 Å². The summed E-state index contributed by atoms with van der Waals surface area (Å²) in [5.41, 5.74) is 1.14. The van der Waals surface area contributed by atoms with Gasteiger partial charge in [0.1, 0.15) is 5.75 Å². The van der Waals surface area contributed by atoms with Gasteiger partial charge in [0.15, 0.2) is 0 Å². The molecule has 5 heteroatoms. The van der Waals surface area contributed by atoms with Gasteiger partial charge >= 0.3 is 5.97 Å². The first kappa shape index (κ1) is 14.1. The fourth-order valence-electron chi connectivity index (χ4n) is 2.22. The van der Waals surface area contributed by atoms with Crippen LogP contribution in [0, 0.1) is 5.92 Å². The van der Waals surface area contributed by atoms with Crippen LogP contribution in [0.1, 0.15) is 12.5 Å². The quantitative estimate of drug-likeness (QED) is 0.924. The van der Waals surface area contributed by atoms with Crippen LogP contribution in [-0.2, 0) is 18.3 Å². The van der Waals surface area contributed by atoms with Gasteiger partial charge in [-0.25, -0.2) is 0 Å². The summed E-state index contributed by atoms with van der Waals surface area (Å²) in [6.07, 6.45) is 0.217. The van der Waals surface area contributed by atoms with E-state index in [1.807, 2.05) is 12.1 Å². The summed E-state index contributed by atoms with van der Waals surface area (Å²) in [6.45, 7) is 1.59. The van der Waals surface area contributed by atoms with Gasteiger partial charge in [0.25, 0.3) is 5.56 Å². The first-order chi connectivity index (χ1) is 9.43. The minimum atomic E-state index is -0.905. The van der Waals surface area contributed by atoms with Crippen LogP contribution >= 0.6 is 0 Å². The minimum Gasteiger partial charge on any atom is -0.497 e. The second kappa shape index (κ2) is 5.36. The fourth-order valence-corrected chi connectivity index (χ4v) is 2.22. The third-order valence-corrected chi connectivity index (χ3v) is 3.45. The molecule has 0 saturated carbocycles. The van der Waals surface area contributed by atoms with Crippen LogP contribution in [0.4, 0.5) is 0 Å². The molecular weight excluding hydrogens is 258 g/mol. The molecule has 2 aromatic rings. The number of hydrogen-bond acceptors (Lipinski definition) is 3. The Hall–Kier alpha value is -2.30. The van der Waals surface area contributed by atoms with Crippen molar-refractivity contribution < 1.29 is 14.6 Å². The number of aryl methyl sites for hydroxylation is 1. The lowest BCUT2D eigenvalue weighted by Crippen LogP contribution is -2.24. The van der Waals surface area contributed by atoms with Crippen molar-refractivity contribution >= 4 is 16.9 Å². The zero-order chi connectivity index (χ0) is 14.9. The highest BCUT2D eigenvalue weighted by Crippen LogP contribution is 2.20. The molecule has 0 aliphatic heterocycles. The Labute approximate surface area is 116 Å². The zero-order valence-electron chi connectivity index (χ0n) is 11.7. The average Bonchev–Trinajstić information content (AvgIpc) is 2.43. The Morgan fingerprint density at radius 3 is 2.70 bits per heavy atom. The van der Waals surface area contributed by atoms with E-state index in [1.54, 1.807) is 37.8 Å². The van der Waals surface area contributed by atoms with Crippen molar-refractivity contribution in [2.24, 2.45) is 13.0 Å². The van der Waals surface area contributed by atoms with Gasteiger partial charge in [-0.1, -0.05) is 6.92 Å². The first-order valence-corrected chi connectivity index (χ1v) is 6.33. The highest BCUT2D eigenvalue weighted by Gasteiger charge is 2.15. The van der Waals surface area contributed by atoms with E-state index < -0.39 is 11.9 Å². The van der Waals surface area contributed by atoms with Crippen LogP contribution in [0.3, 0.4) is 0 Å². The van der Waals surface area contributed by atoms with E-state index in [0.717, 1.165) is 10.9 Å². The molecule has 0 radical (unpaired) electrons. The Balaban J connectivity index is 2.58. The number of nitrogens with zero attached hydrogens (tertiary/aromatic N) is 1. The number of fused-ring (bicyclic) bond motifs is 1. The van der Waals surface area contributed by atoms with Crippen molar-refractivity contribution in [2.75, 3.05) is 7.11 Å². The van der Waals surface area contributed by atoms with Gasteiger partial charge in [-0.05, 0) is 30.7 Å². The predicted molar refractivity (Wildman–Crippen MR) is 76.2 cm³/mol. The number of benzene rings is 1. The predicted octanol–water partition coefficient (Wildman–Crippen LogP) is 1.81. The largest absolute Gasteiger partial charge is 0.497 e. The lowest BCUT2D eigenvalue weighted by Gasteiger charge is -2.11. The van der Waals surface area contributed by atoms with Crippen LogP contribution in [-0.4, -0.2) is 22.8 Å². The van der Waals surface area contributed by atoms with Gasteiger partial charge in [-0.2, -0.15) is 0 Å². The summed E-state index contributed by atoms with van der Waals surface area (Å²) >= 11 is 0.